The van der Waals surface area contributed by atoms with Crippen LogP contribution in [0.25, 0.3) is 0 Å². The monoisotopic (exact) mass is 277 g/mol. The third-order valence-electron chi connectivity index (χ3n) is 3.66. The maximum Gasteiger partial charge on any atom is 0.341 e. The molecule has 1 aromatic rings. The minimum absolute atomic E-state index is 0.0618. The fourth-order valence-electron chi connectivity index (χ4n) is 2.42. The minimum Gasteiger partial charge on any atom is -0.507 e. The van der Waals surface area contributed by atoms with Crippen molar-refractivity contribution in [1.29, 1.82) is 0 Å². The molecule has 0 aliphatic heterocycles. The predicted octanol–water partition coefficient (Wildman–Crippen LogP) is 1.90. The largest absolute Gasteiger partial charge is 0.507 e. The summed E-state index contributed by atoms with van der Waals surface area (Å²) >= 11 is 0. The second-order valence-electron chi connectivity index (χ2n) is 4.65. The zero-order valence-corrected chi connectivity index (χ0v) is 11.3. The summed E-state index contributed by atoms with van der Waals surface area (Å²) in [6, 6.07) is 2.81. The summed E-state index contributed by atoms with van der Waals surface area (Å²) in [4.78, 5) is 26.2. The van der Waals surface area contributed by atoms with Gasteiger partial charge < -0.3 is 14.6 Å². The first-order chi connectivity index (χ1) is 9.57. The van der Waals surface area contributed by atoms with Gasteiger partial charge in [-0.1, -0.05) is 0 Å². The molecule has 0 aromatic heterocycles. The maximum atomic E-state index is 11.8. The van der Waals surface area contributed by atoms with E-state index >= 15 is 0 Å². The molecule has 1 aliphatic rings. The summed E-state index contributed by atoms with van der Waals surface area (Å²) in [6.07, 6.45) is 3.69. The summed E-state index contributed by atoms with van der Waals surface area (Å²) < 4.78 is 9.75. The van der Waals surface area contributed by atoms with E-state index in [2.05, 4.69) is 9.73 Å². The molecule has 106 valence electrons. The average molecular weight is 277 g/mol. The SMILES string of the molecule is COC(=O)c1cc(C2(N=C=O)CCC2)c(O)cc1OC. The number of rotatable bonds is 4. The Labute approximate surface area is 116 Å². The maximum absolute atomic E-state index is 11.8. The number of nitrogens with zero attached hydrogens (tertiary/aromatic N) is 1. The molecule has 0 unspecified atom stereocenters. The average Bonchev–Trinajstić information content (AvgIpc) is 2.42. The molecule has 20 heavy (non-hydrogen) atoms. The number of carbonyl (C=O) groups excluding carboxylic acids is 2. The van der Waals surface area contributed by atoms with Crippen LogP contribution in [-0.2, 0) is 15.1 Å². The van der Waals surface area contributed by atoms with Crippen LogP contribution in [0.3, 0.4) is 0 Å². The van der Waals surface area contributed by atoms with E-state index in [1.165, 1.54) is 26.4 Å². The zero-order valence-electron chi connectivity index (χ0n) is 11.3. The van der Waals surface area contributed by atoms with Crippen LogP contribution >= 0.6 is 0 Å². The smallest absolute Gasteiger partial charge is 0.341 e. The van der Waals surface area contributed by atoms with Crippen LogP contribution in [0, 0.1) is 0 Å². The Morgan fingerprint density at radius 3 is 2.55 bits per heavy atom. The van der Waals surface area contributed by atoms with E-state index in [1.807, 2.05) is 0 Å². The molecule has 1 fully saturated rings. The van der Waals surface area contributed by atoms with E-state index in [0.717, 1.165) is 6.42 Å². The number of esters is 1. The lowest BCUT2D eigenvalue weighted by Crippen LogP contribution is -2.32. The number of ether oxygens (including phenoxy) is 2. The van der Waals surface area contributed by atoms with Crippen LogP contribution in [0.4, 0.5) is 0 Å². The highest BCUT2D eigenvalue weighted by molar-refractivity contribution is 5.93. The van der Waals surface area contributed by atoms with Crippen molar-refractivity contribution in [1.82, 2.24) is 0 Å². The molecule has 2 rings (SSSR count). The van der Waals surface area contributed by atoms with Crippen molar-refractivity contribution in [3.05, 3.63) is 23.3 Å². The van der Waals surface area contributed by atoms with Gasteiger partial charge in [-0.05, 0) is 25.3 Å². The fourth-order valence-corrected chi connectivity index (χ4v) is 2.42. The van der Waals surface area contributed by atoms with E-state index in [0.29, 0.717) is 18.4 Å². The van der Waals surface area contributed by atoms with Crippen LogP contribution in [0.15, 0.2) is 17.1 Å². The predicted molar refractivity (Wildman–Crippen MR) is 69.6 cm³/mol. The Morgan fingerprint density at radius 2 is 2.10 bits per heavy atom. The minimum atomic E-state index is -0.791. The number of aromatic hydroxyl groups is 1. The number of hydrogen-bond donors (Lipinski definition) is 1. The van der Waals surface area contributed by atoms with Gasteiger partial charge in [-0.2, -0.15) is 4.99 Å². The van der Waals surface area contributed by atoms with Crippen molar-refractivity contribution < 1.29 is 24.2 Å². The third kappa shape index (κ3) is 2.14. The van der Waals surface area contributed by atoms with Gasteiger partial charge in [0.1, 0.15) is 22.6 Å². The number of phenolic OH excluding ortho intramolecular Hbond substituents is 1. The first kappa shape index (κ1) is 14.1. The molecule has 0 bridgehead atoms. The second-order valence-corrected chi connectivity index (χ2v) is 4.65. The molecular formula is C14H15NO5. The zero-order chi connectivity index (χ0) is 14.8. The lowest BCUT2D eigenvalue weighted by atomic mass is 9.71. The van der Waals surface area contributed by atoms with Gasteiger partial charge in [0, 0.05) is 11.6 Å². The van der Waals surface area contributed by atoms with Gasteiger partial charge in [0.2, 0.25) is 6.08 Å². The van der Waals surface area contributed by atoms with Crippen LogP contribution < -0.4 is 4.74 Å². The van der Waals surface area contributed by atoms with Gasteiger partial charge in [0.05, 0.1) is 14.2 Å². The van der Waals surface area contributed by atoms with E-state index in [1.54, 1.807) is 6.08 Å². The summed E-state index contributed by atoms with van der Waals surface area (Å²) in [5, 5.41) is 10.1. The number of hydrogen-bond acceptors (Lipinski definition) is 6. The van der Waals surface area contributed by atoms with Crippen molar-refractivity contribution >= 4 is 12.0 Å². The summed E-state index contributed by atoms with van der Waals surface area (Å²) in [5.74, 6) is -0.427. The molecule has 0 amide bonds. The molecule has 1 saturated carbocycles. The molecule has 1 aromatic carbocycles. The van der Waals surface area contributed by atoms with E-state index in [-0.39, 0.29) is 17.1 Å². The molecule has 1 aliphatic carbocycles. The number of benzene rings is 1. The molecule has 0 radical (unpaired) electrons. The lowest BCUT2D eigenvalue weighted by molar-refractivity contribution is 0.0596. The van der Waals surface area contributed by atoms with Crippen molar-refractivity contribution in [3.8, 4) is 11.5 Å². The van der Waals surface area contributed by atoms with Crippen LogP contribution in [0.5, 0.6) is 11.5 Å². The van der Waals surface area contributed by atoms with Gasteiger partial charge in [-0.15, -0.1) is 0 Å². The molecule has 1 N–H and O–H groups in total. The van der Waals surface area contributed by atoms with E-state index in [9.17, 15) is 14.7 Å². The fraction of sp³-hybridized carbons (Fsp3) is 0.429. The van der Waals surface area contributed by atoms with Crippen molar-refractivity contribution in [2.75, 3.05) is 14.2 Å². The summed E-state index contributed by atoms with van der Waals surface area (Å²) in [7, 11) is 2.65. The number of methoxy groups -OCH3 is 2. The highest BCUT2D eigenvalue weighted by Crippen LogP contribution is 2.49. The van der Waals surface area contributed by atoms with E-state index < -0.39 is 11.5 Å². The molecule has 0 spiro atoms. The number of phenols is 1. The van der Waals surface area contributed by atoms with E-state index in [4.69, 9.17) is 4.74 Å². The Morgan fingerprint density at radius 1 is 1.40 bits per heavy atom. The highest BCUT2D eigenvalue weighted by atomic mass is 16.5. The van der Waals surface area contributed by atoms with Gasteiger partial charge in [-0.3, -0.25) is 0 Å². The van der Waals surface area contributed by atoms with Crippen LogP contribution in [0.1, 0.15) is 35.2 Å². The normalized spacial score (nSPS) is 15.7. The summed E-state index contributed by atoms with van der Waals surface area (Å²) in [5.41, 5.74) is -0.176. The number of isocyanates is 1. The van der Waals surface area contributed by atoms with Crippen LogP contribution in [0.2, 0.25) is 0 Å². The van der Waals surface area contributed by atoms with Gasteiger partial charge in [0.15, 0.2) is 0 Å². The van der Waals surface area contributed by atoms with Gasteiger partial charge in [0.25, 0.3) is 0 Å². The lowest BCUT2D eigenvalue weighted by Gasteiger charge is -2.37. The Hall–Kier alpha value is -2.33. The third-order valence-corrected chi connectivity index (χ3v) is 3.66. The first-order valence-electron chi connectivity index (χ1n) is 6.17. The highest BCUT2D eigenvalue weighted by Gasteiger charge is 2.41. The Balaban J connectivity index is 2.59. The van der Waals surface area contributed by atoms with Gasteiger partial charge >= 0.3 is 5.97 Å². The van der Waals surface area contributed by atoms with Crippen molar-refractivity contribution in [2.45, 2.75) is 24.8 Å². The summed E-state index contributed by atoms with van der Waals surface area (Å²) in [6.45, 7) is 0. The Kier molecular flexibility index (Phi) is 3.77. The second kappa shape index (κ2) is 5.35. The standard InChI is InChI=1S/C14H15NO5/c1-19-12-7-11(17)10(6-9(12)13(18)20-2)14(15-8-16)4-3-5-14/h6-7,17H,3-5H2,1-2H3. The molecule has 0 atom stereocenters. The Bertz CT molecular complexity index is 585. The number of carbonyl (C=O) groups is 1. The first-order valence-corrected chi connectivity index (χ1v) is 6.17. The van der Waals surface area contributed by atoms with Gasteiger partial charge in [-0.25, -0.2) is 9.59 Å². The molecule has 0 heterocycles. The van der Waals surface area contributed by atoms with Crippen molar-refractivity contribution in [2.24, 2.45) is 4.99 Å². The van der Waals surface area contributed by atoms with Crippen LogP contribution in [-0.4, -0.2) is 31.4 Å². The molecule has 0 saturated heterocycles. The molecule has 6 nitrogen and oxygen atoms in total. The topological polar surface area (TPSA) is 85.2 Å². The quantitative estimate of drug-likeness (QED) is 0.516. The molecular weight excluding hydrogens is 262 g/mol. The van der Waals surface area contributed by atoms with Crippen molar-refractivity contribution in [3.63, 3.8) is 0 Å². The number of aliphatic imine (C=N–C) groups is 1. The molecule has 6 heteroatoms.